The maximum atomic E-state index is 10.6. The normalized spacial score (nSPS) is 16.6. The van der Waals surface area contributed by atoms with Crippen molar-refractivity contribution < 1.29 is 23.4 Å². The van der Waals surface area contributed by atoms with Crippen molar-refractivity contribution in [3.8, 4) is 11.8 Å². The second kappa shape index (κ2) is 27.7. The van der Waals surface area contributed by atoms with Crippen molar-refractivity contribution in [1.82, 2.24) is 14.6 Å². The van der Waals surface area contributed by atoms with Crippen LogP contribution in [0.2, 0.25) is 0 Å². The summed E-state index contributed by atoms with van der Waals surface area (Å²) < 4.78 is 25.7. The van der Waals surface area contributed by atoms with Crippen LogP contribution in [0.3, 0.4) is 0 Å². The van der Waals surface area contributed by atoms with E-state index in [1.54, 1.807) is 16.6 Å². The molecule has 0 bridgehead atoms. The molecule has 53 heavy (non-hydrogen) atoms. The predicted octanol–water partition coefficient (Wildman–Crippen LogP) is 11.6. The van der Waals surface area contributed by atoms with E-state index in [2.05, 4.69) is 23.1 Å². The Hall–Kier alpha value is -2.80. The van der Waals surface area contributed by atoms with Crippen molar-refractivity contribution in [3.63, 3.8) is 0 Å². The third kappa shape index (κ3) is 17.5. The van der Waals surface area contributed by atoms with E-state index in [1.165, 1.54) is 109 Å². The van der Waals surface area contributed by atoms with Gasteiger partial charge in [0.2, 0.25) is 0 Å². The van der Waals surface area contributed by atoms with Crippen LogP contribution in [0.4, 0.5) is 5.82 Å². The lowest BCUT2D eigenvalue weighted by molar-refractivity contribution is 0.00838. The van der Waals surface area contributed by atoms with Gasteiger partial charge >= 0.3 is 8.60 Å². The summed E-state index contributed by atoms with van der Waals surface area (Å²) in [6, 6.07) is 13.2. The predicted molar refractivity (Wildman–Crippen MR) is 216 cm³/mol. The minimum absolute atomic E-state index is 0.141. The van der Waals surface area contributed by atoms with Gasteiger partial charge in [-0.25, -0.2) is 9.50 Å². The molecule has 1 aliphatic heterocycles. The van der Waals surface area contributed by atoms with Crippen LogP contribution in [0.15, 0.2) is 42.7 Å². The highest BCUT2D eigenvalue weighted by Crippen LogP contribution is 2.38. The number of fused-ring (bicyclic) bond motifs is 1. The minimum Gasteiger partial charge on any atom is -0.488 e. The molecule has 10 nitrogen and oxygen atoms in total. The molecule has 1 aliphatic rings. The minimum atomic E-state index is -2.10. The molecule has 0 aliphatic carbocycles. The van der Waals surface area contributed by atoms with E-state index in [1.807, 2.05) is 38.1 Å². The quantitative estimate of drug-likeness (QED) is 0.0548. The molecule has 3 N–H and O–H groups in total. The van der Waals surface area contributed by atoms with Crippen molar-refractivity contribution >= 4 is 19.9 Å². The average Bonchev–Trinajstić information content (AvgIpc) is 3.84. The second-order valence-corrected chi connectivity index (χ2v) is 15.0. The molecule has 11 heteroatoms. The van der Waals surface area contributed by atoms with Crippen molar-refractivity contribution in [3.05, 3.63) is 54.0 Å². The highest BCUT2D eigenvalue weighted by atomic mass is 31.2. The fourth-order valence-corrected chi connectivity index (χ4v) is 7.54. The number of nitrogen functional groups attached to an aromatic ring is 1. The van der Waals surface area contributed by atoms with Crippen LogP contribution < -0.4 is 10.5 Å². The van der Waals surface area contributed by atoms with Crippen LogP contribution in [-0.2, 0) is 13.8 Å². The van der Waals surface area contributed by atoms with E-state index in [0.29, 0.717) is 17.1 Å². The Morgan fingerprint density at radius 1 is 0.887 bits per heavy atom. The first kappa shape index (κ1) is 44.6. The van der Waals surface area contributed by atoms with E-state index >= 15 is 0 Å². The SMILES string of the molecule is CC.CCCCCCCCCCCCCCCCCCCCC(COP(O)OCC1CCC(c2ccc3c(N)ncnn23)O1)Oc1cccc(C#N)c1. The summed E-state index contributed by atoms with van der Waals surface area (Å²) in [5.74, 6) is 1.06. The molecule has 4 atom stereocenters. The van der Waals surface area contributed by atoms with Crippen LogP contribution in [0, 0.1) is 11.3 Å². The molecule has 1 fully saturated rings. The largest absolute Gasteiger partial charge is 0.488 e. The fraction of sp³-hybridized carbons (Fsp3) is 0.690. The Morgan fingerprint density at radius 3 is 2.13 bits per heavy atom. The molecule has 0 spiro atoms. The van der Waals surface area contributed by atoms with Gasteiger partial charge < -0.3 is 29.1 Å². The number of ether oxygens (including phenoxy) is 2. The van der Waals surface area contributed by atoms with Gasteiger partial charge in [-0.1, -0.05) is 136 Å². The highest BCUT2D eigenvalue weighted by Gasteiger charge is 2.30. The van der Waals surface area contributed by atoms with Gasteiger partial charge in [-0.05, 0) is 56.0 Å². The molecule has 0 amide bonds. The number of benzene rings is 1. The molecule has 296 valence electrons. The second-order valence-electron chi connectivity index (χ2n) is 14.0. The first-order valence-electron chi connectivity index (χ1n) is 20.7. The van der Waals surface area contributed by atoms with Gasteiger partial charge in [-0.15, -0.1) is 0 Å². The molecular formula is C42H68N5O5P. The van der Waals surface area contributed by atoms with Gasteiger partial charge in [0.15, 0.2) is 5.82 Å². The van der Waals surface area contributed by atoms with Gasteiger partial charge in [0.05, 0.1) is 36.6 Å². The highest BCUT2D eigenvalue weighted by molar-refractivity contribution is 7.40. The first-order chi connectivity index (χ1) is 26.1. The number of unbranched alkanes of at least 4 members (excludes halogenated alkanes) is 17. The van der Waals surface area contributed by atoms with E-state index < -0.39 is 8.60 Å². The van der Waals surface area contributed by atoms with Gasteiger partial charge in [0.25, 0.3) is 0 Å². The number of nitrogens with zero attached hydrogens (tertiary/aromatic N) is 4. The number of anilines is 1. The third-order valence-electron chi connectivity index (χ3n) is 9.84. The molecule has 0 radical (unpaired) electrons. The molecule has 0 saturated carbocycles. The molecule has 3 heterocycles. The van der Waals surface area contributed by atoms with E-state index in [4.69, 9.17) is 24.3 Å². The summed E-state index contributed by atoms with van der Waals surface area (Å²) in [4.78, 5) is 14.6. The van der Waals surface area contributed by atoms with E-state index in [9.17, 15) is 10.2 Å². The summed E-state index contributed by atoms with van der Waals surface area (Å²) in [5.41, 5.74) is 8.20. The zero-order valence-electron chi connectivity index (χ0n) is 32.9. The van der Waals surface area contributed by atoms with Gasteiger partial charge in [-0.3, -0.25) is 0 Å². The van der Waals surface area contributed by atoms with Crippen LogP contribution in [0.25, 0.3) is 5.52 Å². The Morgan fingerprint density at radius 2 is 1.51 bits per heavy atom. The lowest BCUT2D eigenvalue weighted by atomic mass is 10.0. The maximum absolute atomic E-state index is 10.6. The summed E-state index contributed by atoms with van der Waals surface area (Å²) >= 11 is 0. The zero-order valence-corrected chi connectivity index (χ0v) is 33.8. The maximum Gasteiger partial charge on any atom is 0.330 e. The smallest absolute Gasteiger partial charge is 0.330 e. The van der Waals surface area contributed by atoms with Crippen LogP contribution >= 0.6 is 8.60 Å². The number of nitrogens with two attached hydrogens (primary N) is 1. The Kier molecular flexibility index (Phi) is 23.3. The average molecular weight is 754 g/mol. The third-order valence-corrected chi connectivity index (χ3v) is 10.6. The molecule has 3 aromatic rings. The van der Waals surface area contributed by atoms with Crippen molar-refractivity contribution in [2.45, 2.75) is 174 Å². The molecule has 4 rings (SSSR count). The Balaban J connectivity index is 0.00000372. The van der Waals surface area contributed by atoms with Crippen LogP contribution in [0.5, 0.6) is 5.75 Å². The molecule has 1 aromatic carbocycles. The van der Waals surface area contributed by atoms with E-state index in [-0.39, 0.29) is 31.5 Å². The number of hydrogen-bond donors (Lipinski definition) is 2. The lowest BCUT2D eigenvalue weighted by Gasteiger charge is -2.21. The van der Waals surface area contributed by atoms with Crippen LogP contribution in [0.1, 0.15) is 173 Å². The number of rotatable bonds is 28. The fourth-order valence-electron chi connectivity index (χ4n) is 6.88. The Bertz CT molecular complexity index is 1420. The van der Waals surface area contributed by atoms with Crippen molar-refractivity contribution in [2.75, 3.05) is 18.9 Å². The van der Waals surface area contributed by atoms with Gasteiger partial charge in [-0.2, -0.15) is 10.4 Å². The van der Waals surface area contributed by atoms with Crippen molar-refractivity contribution in [2.24, 2.45) is 0 Å². The monoisotopic (exact) mass is 753 g/mol. The van der Waals surface area contributed by atoms with E-state index in [0.717, 1.165) is 43.3 Å². The number of hydrogen-bond acceptors (Lipinski definition) is 9. The molecule has 1 saturated heterocycles. The standard InChI is InChI=1S/C40H62N5O5P.C2H6/c1-2-3-4-5-6-7-8-9-10-11-12-13-14-15-16-17-18-19-22-35(49-34-23-20-21-33(28-34)29-41)30-47-51(46)48-31-36-24-27-39(50-36)37-25-26-38-40(42)43-32-44-45(37)38;1-2/h20-21,23,25-26,28,32,35-36,39,46H,2-19,22,24,27,30-31H2,1H3,(H2,42,43,44);1-2H3. The summed E-state index contributed by atoms with van der Waals surface area (Å²) in [6.45, 7) is 6.71. The Labute approximate surface area is 321 Å². The van der Waals surface area contributed by atoms with Crippen molar-refractivity contribution in [1.29, 1.82) is 5.26 Å². The van der Waals surface area contributed by atoms with Gasteiger partial charge in [0.1, 0.15) is 29.8 Å². The number of aromatic nitrogens is 3. The lowest BCUT2D eigenvalue weighted by Crippen LogP contribution is -2.23. The topological polar surface area (TPSA) is 137 Å². The zero-order chi connectivity index (χ0) is 37.9. The summed E-state index contributed by atoms with van der Waals surface area (Å²) in [6.07, 6.45) is 27.4. The summed E-state index contributed by atoms with van der Waals surface area (Å²) in [7, 11) is -2.10. The van der Waals surface area contributed by atoms with Crippen LogP contribution in [-0.4, -0.2) is 44.9 Å². The van der Waals surface area contributed by atoms with Gasteiger partial charge in [0, 0.05) is 0 Å². The number of nitriles is 1. The molecular weight excluding hydrogens is 685 g/mol. The summed E-state index contributed by atoms with van der Waals surface area (Å²) in [5, 5.41) is 13.6. The molecule has 4 unspecified atom stereocenters. The molecule has 2 aromatic heterocycles. The first-order valence-corrected chi connectivity index (χ1v) is 21.9.